The van der Waals surface area contributed by atoms with Gasteiger partial charge in [0.2, 0.25) is 0 Å². The van der Waals surface area contributed by atoms with Crippen LogP contribution in [0.2, 0.25) is 0 Å². The zero-order valence-corrected chi connectivity index (χ0v) is 13.8. The quantitative estimate of drug-likeness (QED) is 0.713. The molecule has 3 heteroatoms. The van der Waals surface area contributed by atoms with Gasteiger partial charge in [0.1, 0.15) is 0 Å². The van der Waals surface area contributed by atoms with Crippen molar-refractivity contribution in [3.8, 4) is 0 Å². The second-order valence-corrected chi connectivity index (χ2v) is 6.37. The molecule has 0 spiro atoms. The summed E-state index contributed by atoms with van der Waals surface area (Å²) >= 11 is 1.78. The third kappa shape index (κ3) is 6.00. The fraction of sp³-hybridized carbons (Fsp3) is 0.444. The van der Waals surface area contributed by atoms with Crippen LogP contribution in [-0.4, -0.2) is 26.8 Å². The highest BCUT2D eigenvalue weighted by atomic mass is 32.1. The molecule has 2 nitrogen and oxygen atoms in total. The molecule has 0 aliphatic heterocycles. The number of aryl methyl sites for hydroxylation is 1. The van der Waals surface area contributed by atoms with E-state index in [2.05, 4.69) is 53.3 Å². The van der Waals surface area contributed by atoms with Crippen molar-refractivity contribution in [3.63, 3.8) is 0 Å². The van der Waals surface area contributed by atoms with E-state index in [4.69, 9.17) is 4.74 Å². The van der Waals surface area contributed by atoms with Gasteiger partial charge >= 0.3 is 0 Å². The van der Waals surface area contributed by atoms with Crippen molar-refractivity contribution in [2.75, 3.05) is 26.8 Å². The van der Waals surface area contributed by atoms with Crippen molar-refractivity contribution in [1.29, 1.82) is 0 Å². The lowest BCUT2D eigenvalue weighted by atomic mass is 9.93. The highest BCUT2D eigenvalue weighted by Gasteiger charge is 2.11. The van der Waals surface area contributed by atoms with Crippen LogP contribution in [0.4, 0.5) is 0 Å². The van der Waals surface area contributed by atoms with Crippen LogP contribution in [0.3, 0.4) is 0 Å². The third-order valence-corrected chi connectivity index (χ3v) is 4.36. The van der Waals surface area contributed by atoms with E-state index in [1.807, 2.05) is 0 Å². The standard InChI is InChI=1S/C18H25NOS/c1-15-4-3-5-16(10-15)11-18(13-19-7-8-20-2)12-17-6-9-21-14-17/h3-6,9-10,14,18-19H,7-8,11-13H2,1-2H3. The van der Waals surface area contributed by atoms with Crippen molar-refractivity contribution in [1.82, 2.24) is 5.32 Å². The summed E-state index contributed by atoms with van der Waals surface area (Å²) < 4.78 is 5.10. The molecule has 0 saturated heterocycles. The molecule has 1 unspecified atom stereocenters. The monoisotopic (exact) mass is 303 g/mol. The second kappa shape index (κ2) is 8.98. The molecule has 0 radical (unpaired) electrons. The lowest BCUT2D eigenvalue weighted by molar-refractivity contribution is 0.197. The van der Waals surface area contributed by atoms with Crippen LogP contribution in [0.1, 0.15) is 16.7 Å². The first-order valence-electron chi connectivity index (χ1n) is 7.54. The molecule has 2 aromatic rings. The summed E-state index contributed by atoms with van der Waals surface area (Å²) in [6.07, 6.45) is 2.26. The summed E-state index contributed by atoms with van der Waals surface area (Å²) in [5.41, 5.74) is 4.23. The fourth-order valence-corrected chi connectivity index (χ4v) is 3.29. The maximum atomic E-state index is 5.10. The molecule has 1 heterocycles. The van der Waals surface area contributed by atoms with Crippen molar-refractivity contribution in [3.05, 3.63) is 57.8 Å². The molecular formula is C18H25NOS. The molecule has 2 rings (SSSR count). The van der Waals surface area contributed by atoms with Crippen LogP contribution < -0.4 is 5.32 Å². The van der Waals surface area contributed by atoms with E-state index in [9.17, 15) is 0 Å². The van der Waals surface area contributed by atoms with E-state index in [-0.39, 0.29) is 0 Å². The number of benzene rings is 1. The van der Waals surface area contributed by atoms with Crippen molar-refractivity contribution >= 4 is 11.3 Å². The van der Waals surface area contributed by atoms with E-state index in [0.717, 1.165) is 32.5 Å². The lowest BCUT2D eigenvalue weighted by Gasteiger charge is -2.18. The van der Waals surface area contributed by atoms with E-state index >= 15 is 0 Å². The Hall–Kier alpha value is -1.16. The minimum atomic E-state index is 0.623. The van der Waals surface area contributed by atoms with Crippen molar-refractivity contribution in [2.45, 2.75) is 19.8 Å². The summed E-state index contributed by atoms with van der Waals surface area (Å²) in [7, 11) is 1.75. The number of methoxy groups -OCH3 is 1. The maximum absolute atomic E-state index is 5.10. The first-order valence-corrected chi connectivity index (χ1v) is 8.48. The van der Waals surface area contributed by atoms with Crippen LogP contribution in [0.15, 0.2) is 41.1 Å². The number of ether oxygens (including phenoxy) is 1. The van der Waals surface area contributed by atoms with Gasteiger partial charge in [-0.1, -0.05) is 29.8 Å². The maximum Gasteiger partial charge on any atom is 0.0587 e. The Morgan fingerprint density at radius 2 is 2.05 bits per heavy atom. The summed E-state index contributed by atoms with van der Waals surface area (Å²) in [5.74, 6) is 0.623. The van der Waals surface area contributed by atoms with Gasteiger partial charge < -0.3 is 10.1 Å². The van der Waals surface area contributed by atoms with E-state index in [0.29, 0.717) is 5.92 Å². The molecule has 1 atom stereocenters. The van der Waals surface area contributed by atoms with Crippen LogP contribution >= 0.6 is 11.3 Å². The van der Waals surface area contributed by atoms with Crippen LogP contribution in [0, 0.1) is 12.8 Å². The molecule has 1 aromatic carbocycles. The lowest BCUT2D eigenvalue weighted by Crippen LogP contribution is -2.28. The predicted octanol–water partition coefficient (Wildman–Crippen LogP) is 3.69. The summed E-state index contributed by atoms with van der Waals surface area (Å²) in [6.45, 7) is 4.89. The number of rotatable bonds is 9. The number of hydrogen-bond donors (Lipinski definition) is 1. The average Bonchev–Trinajstić information content (AvgIpc) is 2.96. The Bertz CT molecular complexity index is 510. The summed E-state index contributed by atoms with van der Waals surface area (Å²) in [5, 5.41) is 7.94. The largest absolute Gasteiger partial charge is 0.383 e. The second-order valence-electron chi connectivity index (χ2n) is 5.59. The highest BCUT2D eigenvalue weighted by molar-refractivity contribution is 7.07. The van der Waals surface area contributed by atoms with Crippen LogP contribution in [0.5, 0.6) is 0 Å². The van der Waals surface area contributed by atoms with E-state index < -0.39 is 0 Å². The first-order chi connectivity index (χ1) is 10.3. The van der Waals surface area contributed by atoms with Gasteiger partial charge in [-0.15, -0.1) is 0 Å². The first kappa shape index (κ1) is 16.2. The Morgan fingerprint density at radius 1 is 1.19 bits per heavy atom. The average molecular weight is 303 g/mol. The van der Waals surface area contributed by atoms with Gasteiger partial charge in [0.05, 0.1) is 6.61 Å². The van der Waals surface area contributed by atoms with Gasteiger partial charge in [-0.3, -0.25) is 0 Å². The molecule has 0 saturated carbocycles. The number of thiophene rings is 1. The number of nitrogens with one attached hydrogen (secondary N) is 1. The number of hydrogen-bond acceptors (Lipinski definition) is 3. The SMILES string of the molecule is COCCNCC(Cc1ccsc1)Cc1cccc(C)c1. The molecule has 1 N–H and O–H groups in total. The smallest absolute Gasteiger partial charge is 0.0587 e. The molecular weight excluding hydrogens is 278 g/mol. The summed E-state index contributed by atoms with van der Waals surface area (Å²) in [4.78, 5) is 0. The molecule has 0 aliphatic rings. The topological polar surface area (TPSA) is 21.3 Å². The molecule has 114 valence electrons. The zero-order chi connectivity index (χ0) is 14.9. The van der Waals surface area contributed by atoms with Crippen molar-refractivity contribution in [2.24, 2.45) is 5.92 Å². The predicted molar refractivity (Wildman–Crippen MR) is 91.1 cm³/mol. The Kier molecular flexibility index (Phi) is 6.93. The Labute approximate surface area is 132 Å². The highest BCUT2D eigenvalue weighted by Crippen LogP contribution is 2.17. The molecule has 0 fully saturated rings. The van der Waals surface area contributed by atoms with Gasteiger partial charge in [-0.2, -0.15) is 11.3 Å². The zero-order valence-electron chi connectivity index (χ0n) is 13.0. The van der Waals surface area contributed by atoms with Gasteiger partial charge in [0, 0.05) is 13.7 Å². The molecule has 1 aromatic heterocycles. The minimum absolute atomic E-state index is 0.623. The third-order valence-electron chi connectivity index (χ3n) is 3.63. The van der Waals surface area contributed by atoms with Gasteiger partial charge in [0.25, 0.3) is 0 Å². The van der Waals surface area contributed by atoms with Gasteiger partial charge in [-0.05, 0) is 60.2 Å². The molecule has 0 aliphatic carbocycles. The van der Waals surface area contributed by atoms with E-state index in [1.54, 1.807) is 18.4 Å². The molecule has 21 heavy (non-hydrogen) atoms. The fourth-order valence-electron chi connectivity index (χ4n) is 2.61. The van der Waals surface area contributed by atoms with Gasteiger partial charge in [0.15, 0.2) is 0 Å². The van der Waals surface area contributed by atoms with Crippen LogP contribution in [0.25, 0.3) is 0 Å². The summed E-state index contributed by atoms with van der Waals surface area (Å²) in [6, 6.07) is 11.1. The Morgan fingerprint density at radius 3 is 2.76 bits per heavy atom. The molecule has 0 bridgehead atoms. The van der Waals surface area contributed by atoms with Gasteiger partial charge in [-0.25, -0.2) is 0 Å². The van der Waals surface area contributed by atoms with E-state index in [1.165, 1.54) is 16.7 Å². The minimum Gasteiger partial charge on any atom is -0.383 e. The Balaban J connectivity index is 1.93. The molecule has 0 amide bonds. The normalized spacial score (nSPS) is 12.5. The van der Waals surface area contributed by atoms with Crippen LogP contribution in [-0.2, 0) is 17.6 Å². The van der Waals surface area contributed by atoms with Crippen molar-refractivity contribution < 1.29 is 4.74 Å².